The first kappa shape index (κ1) is 13.8. The van der Waals surface area contributed by atoms with E-state index in [1.807, 2.05) is 0 Å². The van der Waals surface area contributed by atoms with Crippen LogP contribution in [0, 0.1) is 0 Å². The van der Waals surface area contributed by atoms with Crippen LogP contribution in [0.4, 0.5) is 5.69 Å². The summed E-state index contributed by atoms with van der Waals surface area (Å²) in [6, 6.07) is 2.31. The summed E-state index contributed by atoms with van der Waals surface area (Å²) in [4.78, 5) is 3.91. The Labute approximate surface area is 116 Å². The second-order valence-electron chi connectivity index (χ2n) is 4.39. The molecular weight excluding hydrogens is 318 g/mol. The molecule has 0 amide bonds. The number of nitrogens with zero attached hydrogens (tertiary/aromatic N) is 1. The topological polar surface area (TPSA) is 71.1 Å². The van der Waals surface area contributed by atoms with Gasteiger partial charge in [0, 0.05) is 16.7 Å². The van der Waals surface area contributed by atoms with E-state index in [9.17, 15) is 8.42 Å². The first-order chi connectivity index (χ1) is 8.55. The first-order valence-electron chi connectivity index (χ1n) is 5.89. The SMILES string of the molecule is O=S(=O)(CCCNC1CC1)Nc1cncc(Br)c1. The van der Waals surface area contributed by atoms with Crippen molar-refractivity contribution in [3.05, 3.63) is 22.9 Å². The lowest BCUT2D eigenvalue weighted by molar-refractivity contribution is 0.593. The predicted octanol–water partition coefficient (Wildman–Crippen LogP) is 1.73. The van der Waals surface area contributed by atoms with Gasteiger partial charge in [0.2, 0.25) is 10.0 Å². The summed E-state index contributed by atoms with van der Waals surface area (Å²) in [6.07, 6.45) is 6.15. The molecule has 5 nitrogen and oxygen atoms in total. The normalized spacial score (nSPS) is 15.6. The lowest BCUT2D eigenvalue weighted by atomic mass is 10.4. The lowest BCUT2D eigenvalue weighted by Crippen LogP contribution is -2.23. The van der Waals surface area contributed by atoms with E-state index in [0.29, 0.717) is 18.2 Å². The van der Waals surface area contributed by atoms with Gasteiger partial charge in [-0.15, -0.1) is 0 Å². The average Bonchev–Trinajstić information content (AvgIpc) is 3.07. The highest BCUT2D eigenvalue weighted by Crippen LogP contribution is 2.18. The molecule has 2 N–H and O–H groups in total. The fourth-order valence-electron chi connectivity index (χ4n) is 1.55. The minimum Gasteiger partial charge on any atom is -0.314 e. The van der Waals surface area contributed by atoms with Gasteiger partial charge in [-0.2, -0.15) is 0 Å². The van der Waals surface area contributed by atoms with Gasteiger partial charge < -0.3 is 5.32 Å². The van der Waals surface area contributed by atoms with Crippen LogP contribution >= 0.6 is 15.9 Å². The number of rotatable bonds is 7. The van der Waals surface area contributed by atoms with E-state index in [2.05, 4.69) is 31.0 Å². The third-order valence-corrected chi connectivity index (χ3v) is 4.38. The predicted molar refractivity (Wildman–Crippen MR) is 75.0 cm³/mol. The fourth-order valence-corrected chi connectivity index (χ4v) is 3.02. The maximum absolute atomic E-state index is 11.8. The van der Waals surface area contributed by atoms with Crippen LogP contribution in [0.5, 0.6) is 0 Å². The van der Waals surface area contributed by atoms with Crippen LogP contribution in [0.15, 0.2) is 22.9 Å². The van der Waals surface area contributed by atoms with Crippen molar-refractivity contribution in [3.63, 3.8) is 0 Å². The maximum Gasteiger partial charge on any atom is 0.232 e. The van der Waals surface area contributed by atoms with Gasteiger partial charge in [0.05, 0.1) is 17.6 Å². The van der Waals surface area contributed by atoms with Crippen molar-refractivity contribution < 1.29 is 8.42 Å². The number of anilines is 1. The van der Waals surface area contributed by atoms with E-state index in [4.69, 9.17) is 0 Å². The van der Waals surface area contributed by atoms with Crippen LogP contribution in [0.3, 0.4) is 0 Å². The Bertz CT molecular complexity index is 503. The second kappa shape index (κ2) is 5.99. The average molecular weight is 334 g/mol. The molecule has 1 heterocycles. The largest absolute Gasteiger partial charge is 0.314 e. The Morgan fingerprint density at radius 3 is 2.83 bits per heavy atom. The summed E-state index contributed by atoms with van der Waals surface area (Å²) in [5, 5.41) is 3.29. The van der Waals surface area contributed by atoms with E-state index in [0.717, 1.165) is 11.0 Å². The Morgan fingerprint density at radius 1 is 1.39 bits per heavy atom. The van der Waals surface area contributed by atoms with E-state index in [1.54, 1.807) is 12.3 Å². The highest BCUT2D eigenvalue weighted by Gasteiger charge is 2.20. The minimum atomic E-state index is -3.28. The molecule has 1 fully saturated rings. The molecule has 1 aliphatic rings. The number of pyridine rings is 1. The summed E-state index contributed by atoms with van der Waals surface area (Å²) in [5.41, 5.74) is 0.486. The molecule has 0 unspecified atom stereocenters. The molecule has 1 saturated carbocycles. The van der Waals surface area contributed by atoms with Crippen LogP contribution in [-0.4, -0.2) is 31.7 Å². The van der Waals surface area contributed by atoms with Gasteiger partial charge in [0.15, 0.2) is 0 Å². The Balaban J connectivity index is 1.78. The summed E-state index contributed by atoms with van der Waals surface area (Å²) in [6.45, 7) is 0.752. The highest BCUT2D eigenvalue weighted by molar-refractivity contribution is 9.10. The van der Waals surface area contributed by atoms with Crippen LogP contribution in [0.1, 0.15) is 19.3 Å². The van der Waals surface area contributed by atoms with Crippen molar-refractivity contribution in [3.8, 4) is 0 Å². The Morgan fingerprint density at radius 2 is 2.17 bits per heavy atom. The molecule has 2 rings (SSSR count). The van der Waals surface area contributed by atoms with Gasteiger partial charge in [-0.05, 0) is 47.8 Å². The molecule has 0 bridgehead atoms. The molecule has 1 aromatic rings. The molecule has 0 aromatic carbocycles. The number of sulfonamides is 1. The van der Waals surface area contributed by atoms with Gasteiger partial charge in [-0.1, -0.05) is 0 Å². The van der Waals surface area contributed by atoms with Gasteiger partial charge in [-0.3, -0.25) is 9.71 Å². The Hall–Kier alpha value is -0.660. The summed E-state index contributed by atoms with van der Waals surface area (Å²) in [7, 11) is -3.28. The number of aromatic nitrogens is 1. The molecule has 0 spiro atoms. The minimum absolute atomic E-state index is 0.124. The molecule has 1 aromatic heterocycles. The third-order valence-electron chi connectivity index (χ3n) is 2.58. The first-order valence-corrected chi connectivity index (χ1v) is 8.34. The highest BCUT2D eigenvalue weighted by atomic mass is 79.9. The summed E-state index contributed by atoms with van der Waals surface area (Å²) < 4.78 is 26.8. The molecule has 0 saturated heterocycles. The van der Waals surface area contributed by atoms with Crippen LogP contribution in [0.2, 0.25) is 0 Å². The van der Waals surface area contributed by atoms with E-state index >= 15 is 0 Å². The quantitative estimate of drug-likeness (QED) is 0.745. The molecule has 7 heteroatoms. The molecule has 100 valence electrons. The van der Waals surface area contributed by atoms with Crippen LogP contribution in [-0.2, 0) is 10.0 Å². The summed E-state index contributed by atoms with van der Waals surface area (Å²) >= 11 is 3.25. The zero-order valence-corrected chi connectivity index (χ0v) is 12.3. The molecule has 1 aliphatic carbocycles. The number of hydrogen-bond donors (Lipinski definition) is 2. The van der Waals surface area contributed by atoms with Gasteiger partial charge in [0.1, 0.15) is 0 Å². The van der Waals surface area contributed by atoms with Gasteiger partial charge >= 0.3 is 0 Å². The molecule has 18 heavy (non-hydrogen) atoms. The number of nitrogens with one attached hydrogen (secondary N) is 2. The molecule has 0 aliphatic heterocycles. The van der Waals surface area contributed by atoms with E-state index in [1.165, 1.54) is 19.0 Å². The summed E-state index contributed by atoms with van der Waals surface area (Å²) in [5.74, 6) is 0.124. The monoisotopic (exact) mass is 333 g/mol. The van der Waals surface area contributed by atoms with Crippen molar-refractivity contribution >= 4 is 31.6 Å². The lowest BCUT2D eigenvalue weighted by Gasteiger charge is -2.08. The van der Waals surface area contributed by atoms with Crippen molar-refractivity contribution in [2.24, 2.45) is 0 Å². The van der Waals surface area contributed by atoms with E-state index in [-0.39, 0.29) is 5.75 Å². The fraction of sp³-hybridized carbons (Fsp3) is 0.545. The molecule has 0 radical (unpaired) electrons. The molecule has 0 atom stereocenters. The van der Waals surface area contributed by atoms with E-state index < -0.39 is 10.0 Å². The van der Waals surface area contributed by atoms with Crippen molar-refractivity contribution in [1.82, 2.24) is 10.3 Å². The van der Waals surface area contributed by atoms with Gasteiger partial charge in [-0.25, -0.2) is 8.42 Å². The van der Waals surface area contributed by atoms with Crippen molar-refractivity contribution in [1.29, 1.82) is 0 Å². The van der Waals surface area contributed by atoms with Crippen molar-refractivity contribution in [2.75, 3.05) is 17.0 Å². The third kappa shape index (κ3) is 4.91. The van der Waals surface area contributed by atoms with Crippen molar-refractivity contribution in [2.45, 2.75) is 25.3 Å². The Kier molecular flexibility index (Phi) is 4.58. The van der Waals surface area contributed by atoms with Crippen LogP contribution in [0.25, 0.3) is 0 Å². The smallest absolute Gasteiger partial charge is 0.232 e. The maximum atomic E-state index is 11.8. The zero-order valence-electron chi connectivity index (χ0n) is 9.89. The molecular formula is C11H16BrN3O2S. The standard InChI is InChI=1S/C11H16BrN3O2S/c12-9-6-11(8-13-7-9)15-18(16,17)5-1-4-14-10-2-3-10/h6-8,10,14-15H,1-5H2. The van der Waals surface area contributed by atoms with Gasteiger partial charge in [0.25, 0.3) is 0 Å². The second-order valence-corrected chi connectivity index (χ2v) is 7.15. The van der Waals surface area contributed by atoms with Crippen LogP contribution < -0.4 is 10.0 Å². The zero-order chi connectivity index (χ0) is 13.0. The number of hydrogen-bond acceptors (Lipinski definition) is 4. The number of halogens is 1.